The first-order valence-corrected chi connectivity index (χ1v) is 12.5. The zero-order chi connectivity index (χ0) is 23.2. The molecule has 5 rings (SSSR count). The number of nitrogens with zero attached hydrogens (tertiary/aromatic N) is 5. The van der Waals surface area contributed by atoms with E-state index in [1.54, 1.807) is 6.07 Å². The number of piperazine rings is 1. The molecule has 0 amide bonds. The van der Waals surface area contributed by atoms with Gasteiger partial charge in [-0.1, -0.05) is 17.7 Å². The topological polar surface area (TPSA) is 117 Å². The van der Waals surface area contributed by atoms with Crippen molar-refractivity contribution < 1.29 is 8.42 Å². The summed E-state index contributed by atoms with van der Waals surface area (Å²) < 4.78 is 28.1. The minimum atomic E-state index is -3.78. The van der Waals surface area contributed by atoms with E-state index < -0.39 is 10.0 Å². The number of nitrogens with two attached hydrogens (primary N) is 1. The highest BCUT2D eigenvalue weighted by Gasteiger charge is 2.27. The highest BCUT2D eigenvalue weighted by molar-refractivity contribution is 7.92. The Morgan fingerprint density at radius 3 is 2.58 bits per heavy atom. The van der Waals surface area contributed by atoms with E-state index in [1.807, 2.05) is 12.1 Å². The summed E-state index contributed by atoms with van der Waals surface area (Å²) in [5, 5.41) is 0.235. The molecule has 1 aliphatic heterocycles. The van der Waals surface area contributed by atoms with Crippen LogP contribution >= 0.6 is 11.6 Å². The van der Waals surface area contributed by atoms with Gasteiger partial charge in [0.05, 0.1) is 5.69 Å². The van der Waals surface area contributed by atoms with Crippen LogP contribution < -0.4 is 15.4 Å². The molecule has 1 aliphatic carbocycles. The lowest BCUT2D eigenvalue weighted by Crippen LogP contribution is -2.45. The second-order valence-corrected chi connectivity index (χ2v) is 10.4. The molecule has 3 aromatic rings. The van der Waals surface area contributed by atoms with E-state index in [9.17, 15) is 8.42 Å². The van der Waals surface area contributed by atoms with Gasteiger partial charge in [-0.3, -0.25) is 4.72 Å². The number of likely N-dealkylation sites (N-methyl/N-ethyl adjacent to an activating group) is 1. The molecule has 172 valence electrons. The van der Waals surface area contributed by atoms with Gasteiger partial charge in [0, 0.05) is 49.2 Å². The summed E-state index contributed by atoms with van der Waals surface area (Å²) in [5.74, 6) is 1.16. The number of hydrogen-bond acceptors (Lipinski definition) is 8. The molecule has 33 heavy (non-hydrogen) atoms. The van der Waals surface area contributed by atoms with Gasteiger partial charge in [0.15, 0.2) is 0 Å². The monoisotopic (exact) mass is 485 g/mol. The summed E-state index contributed by atoms with van der Waals surface area (Å²) in [6, 6.07) is 8.36. The van der Waals surface area contributed by atoms with Crippen LogP contribution in [-0.2, 0) is 22.9 Å². The lowest BCUT2D eigenvalue weighted by atomic mass is 9.88. The minimum absolute atomic E-state index is 0.0484. The number of benzene rings is 1. The van der Waals surface area contributed by atoms with Crippen molar-refractivity contribution in [2.75, 3.05) is 48.6 Å². The molecular weight excluding hydrogens is 462 g/mol. The normalized spacial score (nSPS) is 16.2. The molecular formula is C22H24ClN7O2S. The quantitative estimate of drug-likeness (QED) is 0.541. The number of aromatic nitrogens is 3. The Kier molecular flexibility index (Phi) is 5.59. The lowest BCUT2D eigenvalue weighted by Gasteiger charge is -2.35. The van der Waals surface area contributed by atoms with Crippen LogP contribution in [0.25, 0.3) is 11.3 Å². The number of anilines is 3. The van der Waals surface area contributed by atoms with E-state index in [2.05, 4.69) is 36.5 Å². The molecule has 3 heterocycles. The van der Waals surface area contributed by atoms with Crippen molar-refractivity contribution in [3.63, 3.8) is 0 Å². The largest absolute Gasteiger partial charge is 0.368 e. The van der Waals surface area contributed by atoms with Crippen LogP contribution in [0.5, 0.6) is 0 Å². The van der Waals surface area contributed by atoms with Crippen LogP contribution in [0.1, 0.15) is 11.1 Å². The van der Waals surface area contributed by atoms with Gasteiger partial charge in [0.25, 0.3) is 10.0 Å². The summed E-state index contributed by atoms with van der Waals surface area (Å²) in [5.41, 5.74) is 10.5. The number of nitrogen functional groups attached to an aromatic ring is 1. The fourth-order valence-corrected chi connectivity index (χ4v) is 5.42. The molecule has 2 aromatic heterocycles. The fraction of sp³-hybridized carbons (Fsp3) is 0.318. The zero-order valence-electron chi connectivity index (χ0n) is 18.1. The predicted molar refractivity (Wildman–Crippen MR) is 129 cm³/mol. The maximum Gasteiger partial charge on any atom is 0.263 e. The van der Waals surface area contributed by atoms with E-state index >= 15 is 0 Å². The van der Waals surface area contributed by atoms with Gasteiger partial charge >= 0.3 is 0 Å². The molecule has 9 nitrogen and oxygen atoms in total. The molecule has 0 saturated carbocycles. The Hall–Kier alpha value is -2.95. The van der Waals surface area contributed by atoms with Gasteiger partial charge in [0.1, 0.15) is 15.9 Å². The minimum Gasteiger partial charge on any atom is -0.368 e. The van der Waals surface area contributed by atoms with Gasteiger partial charge in [-0.2, -0.15) is 4.98 Å². The van der Waals surface area contributed by atoms with Crippen molar-refractivity contribution in [1.82, 2.24) is 19.9 Å². The van der Waals surface area contributed by atoms with Crippen molar-refractivity contribution in [1.29, 1.82) is 0 Å². The van der Waals surface area contributed by atoms with E-state index in [-0.39, 0.29) is 16.0 Å². The molecule has 2 aliphatic rings. The van der Waals surface area contributed by atoms with Gasteiger partial charge in [-0.05, 0) is 49.7 Å². The highest BCUT2D eigenvalue weighted by Crippen LogP contribution is 2.38. The van der Waals surface area contributed by atoms with Crippen molar-refractivity contribution >= 4 is 39.1 Å². The Bertz CT molecular complexity index is 1310. The molecule has 0 unspecified atom stereocenters. The predicted octanol–water partition coefficient (Wildman–Crippen LogP) is 2.43. The first-order valence-electron chi connectivity index (χ1n) is 10.7. The van der Waals surface area contributed by atoms with Crippen LogP contribution in [0.4, 0.5) is 17.5 Å². The third-order valence-electron chi connectivity index (χ3n) is 6.07. The number of rotatable bonds is 4. The van der Waals surface area contributed by atoms with Crippen LogP contribution in [0.3, 0.4) is 0 Å². The molecule has 1 fully saturated rings. The third-order valence-corrected chi connectivity index (χ3v) is 7.66. The van der Waals surface area contributed by atoms with Crippen LogP contribution in [0.2, 0.25) is 5.15 Å². The van der Waals surface area contributed by atoms with Crippen LogP contribution in [0.15, 0.2) is 41.4 Å². The van der Waals surface area contributed by atoms with Crippen molar-refractivity contribution in [2.24, 2.45) is 0 Å². The Morgan fingerprint density at radius 2 is 1.85 bits per heavy atom. The number of fused-ring (bicyclic) bond motifs is 3. The summed E-state index contributed by atoms with van der Waals surface area (Å²) in [4.78, 5) is 17.6. The SMILES string of the molecule is CN1CCN(c2nc(N)nc3c2CCc2cc(NS(=O)(=O)c4ccc(Cl)nc4)ccc2-3)CC1. The standard InChI is InChI=1S/C22H24ClN7O2S/c1-29-8-10-30(11-9-29)21-18-5-2-14-12-15(3-6-17(14)20(18)26-22(24)27-21)28-33(31,32)16-4-7-19(23)25-13-16/h3-4,6-7,12-13,28H,2,5,8-11H2,1H3,(H2,24,26,27). The molecule has 0 bridgehead atoms. The number of halogens is 1. The molecule has 0 radical (unpaired) electrons. The van der Waals surface area contributed by atoms with Crippen LogP contribution in [0, 0.1) is 0 Å². The number of aryl methyl sites for hydroxylation is 1. The van der Waals surface area contributed by atoms with E-state index in [4.69, 9.17) is 17.3 Å². The van der Waals surface area contributed by atoms with Gasteiger partial charge in [-0.25, -0.2) is 18.4 Å². The second kappa shape index (κ2) is 8.44. The Labute approximate surface area is 197 Å². The van der Waals surface area contributed by atoms with Gasteiger partial charge < -0.3 is 15.5 Å². The van der Waals surface area contributed by atoms with Crippen molar-refractivity contribution in [3.8, 4) is 11.3 Å². The summed E-state index contributed by atoms with van der Waals surface area (Å²) in [6.45, 7) is 3.74. The van der Waals surface area contributed by atoms with Gasteiger partial charge in [-0.15, -0.1) is 0 Å². The maximum absolute atomic E-state index is 12.7. The molecule has 0 spiro atoms. The molecule has 0 atom stereocenters. The van der Waals surface area contributed by atoms with Gasteiger partial charge in [0.2, 0.25) is 5.95 Å². The lowest BCUT2D eigenvalue weighted by molar-refractivity contribution is 0.312. The molecule has 3 N–H and O–H groups in total. The summed E-state index contributed by atoms with van der Waals surface area (Å²) >= 11 is 5.77. The molecule has 11 heteroatoms. The van der Waals surface area contributed by atoms with E-state index in [0.717, 1.165) is 67.2 Å². The number of hydrogen-bond donors (Lipinski definition) is 2. The summed E-state index contributed by atoms with van der Waals surface area (Å²) in [7, 11) is -1.66. The number of pyridine rings is 1. The van der Waals surface area contributed by atoms with E-state index in [1.165, 1.54) is 18.3 Å². The third kappa shape index (κ3) is 4.33. The number of nitrogens with one attached hydrogen (secondary N) is 1. The first kappa shape index (κ1) is 21.9. The average Bonchev–Trinajstić information content (AvgIpc) is 2.79. The molecule has 1 saturated heterocycles. The second-order valence-electron chi connectivity index (χ2n) is 8.32. The highest BCUT2D eigenvalue weighted by atomic mass is 35.5. The van der Waals surface area contributed by atoms with Crippen LogP contribution in [-0.4, -0.2) is 61.5 Å². The average molecular weight is 486 g/mol. The Balaban J connectivity index is 1.46. The smallest absolute Gasteiger partial charge is 0.263 e. The maximum atomic E-state index is 12.7. The molecule has 1 aromatic carbocycles. The Morgan fingerprint density at radius 1 is 1.06 bits per heavy atom. The zero-order valence-corrected chi connectivity index (χ0v) is 19.7. The van der Waals surface area contributed by atoms with E-state index in [0.29, 0.717) is 5.69 Å². The number of sulfonamides is 1. The summed E-state index contributed by atoms with van der Waals surface area (Å²) in [6.07, 6.45) is 2.76. The first-order chi connectivity index (χ1) is 15.8. The fourth-order valence-electron chi connectivity index (χ4n) is 4.31. The van der Waals surface area contributed by atoms with Crippen molar-refractivity contribution in [3.05, 3.63) is 52.8 Å². The van der Waals surface area contributed by atoms with Crippen molar-refractivity contribution in [2.45, 2.75) is 17.7 Å².